The lowest BCUT2D eigenvalue weighted by Crippen LogP contribution is -2.35. The Labute approximate surface area is 164 Å². The summed E-state index contributed by atoms with van der Waals surface area (Å²) in [7, 11) is -1.61. The molecule has 8 nitrogen and oxygen atoms in total. The first-order valence-corrected chi connectivity index (χ1v) is 10.8. The van der Waals surface area contributed by atoms with Gasteiger partial charge in [-0.25, -0.2) is 13.4 Å². The van der Waals surface area contributed by atoms with Crippen molar-refractivity contribution in [2.24, 2.45) is 5.92 Å². The average molecular weight is 402 g/mol. The Morgan fingerprint density at radius 2 is 2.00 bits per heavy atom. The molecule has 0 radical (unpaired) electrons. The van der Waals surface area contributed by atoms with Gasteiger partial charge in [0.05, 0.1) is 6.04 Å². The monoisotopic (exact) mass is 402 g/mol. The van der Waals surface area contributed by atoms with E-state index in [-0.39, 0.29) is 23.4 Å². The van der Waals surface area contributed by atoms with Gasteiger partial charge in [0.2, 0.25) is 11.8 Å². The molecule has 1 aliphatic rings. The van der Waals surface area contributed by atoms with Gasteiger partial charge in [-0.05, 0) is 30.9 Å². The fourth-order valence-electron chi connectivity index (χ4n) is 2.56. The summed E-state index contributed by atoms with van der Waals surface area (Å²) in [6.45, 7) is 0. The Morgan fingerprint density at radius 1 is 1.29 bits per heavy atom. The Hall–Kier alpha value is -2.94. The minimum atomic E-state index is -3.27. The molecule has 1 fully saturated rings. The highest BCUT2D eigenvalue weighted by atomic mass is 32.2. The molecule has 0 bridgehead atoms. The molecule has 3 rings (SSSR count). The van der Waals surface area contributed by atoms with Crippen molar-refractivity contribution in [2.45, 2.75) is 18.9 Å². The van der Waals surface area contributed by atoms with E-state index in [9.17, 15) is 13.2 Å². The third-order valence-corrected chi connectivity index (χ3v) is 4.79. The third-order valence-electron chi connectivity index (χ3n) is 4.14. The smallest absolute Gasteiger partial charge is 0.258 e. The van der Waals surface area contributed by atoms with Crippen LogP contribution in [0.25, 0.3) is 0 Å². The van der Waals surface area contributed by atoms with Crippen molar-refractivity contribution >= 4 is 21.7 Å². The second-order valence-corrected chi connectivity index (χ2v) is 8.50. The molecule has 0 spiro atoms. The van der Waals surface area contributed by atoms with E-state index in [0.717, 1.165) is 24.5 Å². The number of rotatable bonds is 8. The van der Waals surface area contributed by atoms with Gasteiger partial charge in [-0.1, -0.05) is 24.3 Å². The van der Waals surface area contributed by atoms with Crippen molar-refractivity contribution in [3.05, 3.63) is 53.6 Å². The van der Waals surface area contributed by atoms with Gasteiger partial charge in [0.1, 0.15) is 11.3 Å². The number of carbonyl (C=O) groups excluding carboxylic acids is 1. The highest BCUT2D eigenvalue weighted by Gasteiger charge is 2.32. The van der Waals surface area contributed by atoms with E-state index in [1.54, 1.807) is 19.2 Å². The van der Waals surface area contributed by atoms with Crippen LogP contribution in [-0.2, 0) is 9.84 Å². The minimum absolute atomic E-state index is 0.115. The van der Waals surface area contributed by atoms with Crippen LogP contribution in [0.2, 0.25) is 0 Å². The van der Waals surface area contributed by atoms with Crippen LogP contribution < -0.4 is 15.4 Å². The molecular formula is C19H22N4O4S. The number of anilines is 1. The van der Waals surface area contributed by atoms with Gasteiger partial charge in [0.15, 0.2) is 9.84 Å². The average Bonchev–Trinajstić information content (AvgIpc) is 3.50. The molecule has 1 aromatic heterocycles. The van der Waals surface area contributed by atoms with Gasteiger partial charge < -0.3 is 15.4 Å². The van der Waals surface area contributed by atoms with E-state index < -0.39 is 15.7 Å². The number of nitrogens with one attached hydrogen (secondary N) is 2. The van der Waals surface area contributed by atoms with Crippen LogP contribution in [0.1, 0.15) is 23.2 Å². The molecule has 2 N–H and O–H groups in total. The van der Waals surface area contributed by atoms with Crippen molar-refractivity contribution in [1.82, 2.24) is 15.3 Å². The lowest BCUT2D eigenvalue weighted by Gasteiger charge is -2.16. The summed E-state index contributed by atoms with van der Waals surface area (Å²) in [4.78, 5) is 21.2. The lowest BCUT2D eigenvalue weighted by atomic mass is 10.1. The zero-order chi connectivity index (χ0) is 20.1. The van der Waals surface area contributed by atoms with Crippen molar-refractivity contribution in [2.75, 3.05) is 18.6 Å². The summed E-state index contributed by atoms with van der Waals surface area (Å²) in [6.07, 6.45) is 5.89. The summed E-state index contributed by atoms with van der Waals surface area (Å²) in [5.74, 6) is 0.762. The van der Waals surface area contributed by atoms with Gasteiger partial charge >= 0.3 is 0 Å². The quantitative estimate of drug-likeness (QED) is 0.697. The topological polar surface area (TPSA) is 110 Å². The van der Waals surface area contributed by atoms with Gasteiger partial charge in [0.25, 0.3) is 5.91 Å². The van der Waals surface area contributed by atoms with Crippen LogP contribution in [0.15, 0.2) is 48.0 Å². The van der Waals surface area contributed by atoms with Crippen LogP contribution in [0.5, 0.6) is 11.6 Å². The number of aromatic nitrogens is 2. The molecule has 2 aromatic rings. The number of hydrogen-bond acceptors (Lipinski definition) is 7. The Bertz CT molecular complexity index is 973. The highest BCUT2D eigenvalue weighted by molar-refractivity contribution is 7.93. The summed E-state index contributed by atoms with van der Waals surface area (Å²) in [5, 5.41) is 6.80. The molecule has 1 heterocycles. The molecule has 1 aromatic carbocycles. The Kier molecular flexibility index (Phi) is 5.93. The number of benzene rings is 1. The highest BCUT2D eigenvalue weighted by Crippen LogP contribution is 2.34. The number of sulfone groups is 1. The number of amides is 1. The predicted molar refractivity (Wildman–Crippen MR) is 106 cm³/mol. The lowest BCUT2D eigenvalue weighted by molar-refractivity contribution is 0.0937. The molecule has 0 saturated heterocycles. The third kappa shape index (κ3) is 5.53. The van der Waals surface area contributed by atoms with Crippen molar-refractivity contribution in [3.8, 4) is 11.6 Å². The van der Waals surface area contributed by atoms with Crippen molar-refractivity contribution in [1.29, 1.82) is 0 Å². The van der Waals surface area contributed by atoms with Gasteiger partial charge in [0, 0.05) is 24.9 Å². The molecule has 1 unspecified atom stereocenters. The molecule has 1 atom stereocenters. The second kappa shape index (κ2) is 8.39. The number of hydrogen-bond donors (Lipinski definition) is 2. The Balaban J connectivity index is 1.84. The molecule has 148 valence electrons. The Morgan fingerprint density at radius 3 is 2.61 bits per heavy atom. The maximum Gasteiger partial charge on any atom is 0.258 e. The summed E-state index contributed by atoms with van der Waals surface area (Å²) in [6, 6.07) is 8.61. The molecule has 9 heteroatoms. The predicted octanol–water partition coefficient (Wildman–Crippen LogP) is 2.38. The summed E-state index contributed by atoms with van der Waals surface area (Å²) in [5.41, 5.74) is 0.168. The van der Waals surface area contributed by atoms with E-state index in [0.29, 0.717) is 11.7 Å². The molecule has 1 saturated carbocycles. The first-order chi connectivity index (χ1) is 13.4. The fourth-order valence-corrected chi connectivity index (χ4v) is 3.01. The van der Waals surface area contributed by atoms with Gasteiger partial charge in [-0.15, -0.1) is 0 Å². The van der Waals surface area contributed by atoms with E-state index in [1.807, 2.05) is 18.2 Å². The van der Waals surface area contributed by atoms with Crippen molar-refractivity contribution in [3.63, 3.8) is 0 Å². The van der Waals surface area contributed by atoms with Crippen LogP contribution in [0, 0.1) is 5.92 Å². The van der Waals surface area contributed by atoms with Crippen LogP contribution >= 0.6 is 0 Å². The normalized spacial score (nSPS) is 15.2. The number of ether oxygens (including phenoxy) is 1. The van der Waals surface area contributed by atoms with E-state index in [4.69, 9.17) is 4.74 Å². The first-order valence-electron chi connectivity index (χ1n) is 8.82. The molecule has 1 aliphatic carbocycles. The number of nitrogens with zero attached hydrogens (tertiary/aromatic N) is 2. The van der Waals surface area contributed by atoms with Gasteiger partial charge in [-0.2, -0.15) is 4.98 Å². The zero-order valence-electron chi connectivity index (χ0n) is 15.6. The number of carbonyl (C=O) groups is 1. The van der Waals surface area contributed by atoms with E-state index in [2.05, 4.69) is 20.6 Å². The standard InChI is InChI=1S/C19H22N4O4S/c1-20-19-21-12-15(18(23-19)27-14-6-4-3-5-7-14)17(24)22-16(13-8-9-13)10-11-28(2,25)26/h3-7,10-13,16H,8-9H2,1-2H3,(H,22,24)(H,20,21,23). The minimum Gasteiger partial charge on any atom is -0.438 e. The maximum atomic E-state index is 12.8. The summed E-state index contributed by atoms with van der Waals surface area (Å²) < 4.78 is 28.6. The zero-order valence-corrected chi connectivity index (χ0v) is 16.4. The molecule has 0 aliphatic heterocycles. The molecular weight excluding hydrogens is 380 g/mol. The van der Waals surface area contributed by atoms with Crippen molar-refractivity contribution < 1.29 is 17.9 Å². The van der Waals surface area contributed by atoms with Gasteiger partial charge in [-0.3, -0.25) is 4.79 Å². The molecule has 1 amide bonds. The fraction of sp³-hybridized carbons (Fsp3) is 0.316. The van der Waals surface area contributed by atoms with Crippen LogP contribution in [-0.4, -0.2) is 43.6 Å². The largest absolute Gasteiger partial charge is 0.438 e. The summed E-state index contributed by atoms with van der Waals surface area (Å²) >= 11 is 0. The van der Waals surface area contributed by atoms with Crippen LogP contribution in [0.3, 0.4) is 0 Å². The van der Waals surface area contributed by atoms with E-state index >= 15 is 0 Å². The maximum absolute atomic E-state index is 12.8. The number of para-hydroxylation sites is 1. The second-order valence-electron chi connectivity index (χ2n) is 6.57. The first kappa shape index (κ1) is 19.8. The molecule has 28 heavy (non-hydrogen) atoms. The van der Waals surface area contributed by atoms with Crippen LogP contribution in [0.4, 0.5) is 5.95 Å². The SMILES string of the molecule is CNc1ncc(C(=O)NC(C=CS(C)(=O)=O)C2CC2)c(Oc2ccccc2)n1. The van der Waals surface area contributed by atoms with E-state index in [1.165, 1.54) is 12.3 Å².